The molecule has 2 amide bonds. The lowest BCUT2D eigenvalue weighted by atomic mass is 10.0. The van der Waals surface area contributed by atoms with Gasteiger partial charge in [0.15, 0.2) is 0 Å². The molecular weight excluding hydrogens is 783 g/mol. The number of fused-ring (bicyclic) bond motifs is 2. The third-order valence-corrected chi connectivity index (χ3v) is 11.7. The Balaban J connectivity index is 1.09. The van der Waals surface area contributed by atoms with Crippen LogP contribution in [-0.4, -0.2) is 88.5 Å². The SMILES string of the molecule is C[C@@H](Oc1nc2c(c(N3CCN(C(=O)OCc4ccccc4)[C@@H](CC#N)C3)n1)CCN(c1cc(OCc3ccccc3)cc3ccccc13)C2)[C@H]1CCCN1C(=O)OC(C)(C)C. The Morgan fingerprint density at radius 3 is 2.31 bits per heavy atom. The van der Waals surface area contributed by atoms with E-state index in [0.29, 0.717) is 52.3 Å². The Bertz CT molecular complexity index is 2400. The molecule has 0 aliphatic carbocycles. The van der Waals surface area contributed by atoms with Crippen LogP contribution in [0.2, 0.25) is 0 Å². The molecule has 2 saturated heterocycles. The Morgan fingerprint density at radius 2 is 1.56 bits per heavy atom. The van der Waals surface area contributed by atoms with Gasteiger partial charge in [0.25, 0.3) is 0 Å². The second-order valence-corrected chi connectivity index (χ2v) is 17.3. The van der Waals surface area contributed by atoms with E-state index in [2.05, 4.69) is 58.3 Å². The van der Waals surface area contributed by atoms with Crippen LogP contribution >= 0.6 is 0 Å². The summed E-state index contributed by atoms with van der Waals surface area (Å²) >= 11 is 0. The minimum Gasteiger partial charge on any atom is -0.489 e. The smallest absolute Gasteiger partial charge is 0.410 e. The van der Waals surface area contributed by atoms with Crippen molar-refractivity contribution in [1.82, 2.24) is 19.8 Å². The van der Waals surface area contributed by atoms with Gasteiger partial charge in [-0.1, -0.05) is 84.9 Å². The van der Waals surface area contributed by atoms with E-state index in [-0.39, 0.29) is 31.2 Å². The second kappa shape index (κ2) is 18.6. The van der Waals surface area contributed by atoms with E-state index in [1.165, 1.54) is 0 Å². The van der Waals surface area contributed by atoms with Gasteiger partial charge in [-0.15, -0.1) is 0 Å². The van der Waals surface area contributed by atoms with Gasteiger partial charge in [-0.3, -0.25) is 0 Å². The fraction of sp³-hybridized carbons (Fsp3) is 0.408. The second-order valence-electron chi connectivity index (χ2n) is 17.3. The van der Waals surface area contributed by atoms with Gasteiger partial charge in [0.2, 0.25) is 0 Å². The van der Waals surface area contributed by atoms with Crippen LogP contribution in [0.15, 0.2) is 97.1 Å². The lowest BCUT2D eigenvalue weighted by molar-refractivity contribution is 0.0102. The number of ether oxygens (including phenoxy) is 4. The molecular formula is C49H55N7O6. The molecule has 4 heterocycles. The molecule has 8 rings (SSSR count). The van der Waals surface area contributed by atoms with Gasteiger partial charge in [0.1, 0.15) is 36.5 Å². The number of anilines is 2. The maximum atomic E-state index is 13.5. The Hall–Kier alpha value is -6.55. The zero-order valence-corrected chi connectivity index (χ0v) is 36.0. The highest BCUT2D eigenvalue weighted by Gasteiger charge is 2.38. The molecule has 0 bridgehead atoms. The van der Waals surface area contributed by atoms with Gasteiger partial charge < -0.3 is 38.5 Å². The number of benzene rings is 4. The van der Waals surface area contributed by atoms with Crippen LogP contribution in [0.1, 0.15) is 69.3 Å². The Morgan fingerprint density at radius 1 is 0.839 bits per heavy atom. The fourth-order valence-electron chi connectivity index (χ4n) is 8.70. The summed E-state index contributed by atoms with van der Waals surface area (Å²) in [6.07, 6.45) is 1.16. The summed E-state index contributed by atoms with van der Waals surface area (Å²) in [4.78, 5) is 44.9. The number of rotatable bonds is 11. The van der Waals surface area contributed by atoms with Crippen LogP contribution in [0.25, 0.3) is 10.8 Å². The predicted octanol–water partition coefficient (Wildman–Crippen LogP) is 8.68. The highest BCUT2D eigenvalue weighted by Crippen LogP contribution is 2.38. The first-order chi connectivity index (χ1) is 30.0. The monoisotopic (exact) mass is 837 g/mol. The molecule has 0 saturated carbocycles. The largest absolute Gasteiger partial charge is 0.489 e. The molecule has 3 aliphatic heterocycles. The first-order valence-corrected chi connectivity index (χ1v) is 21.6. The number of hydrogen-bond donors (Lipinski definition) is 0. The highest BCUT2D eigenvalue weighted by atomic mass is 16.6. The number of hydrogen-bond acceptors (Lipinski definition) is 11. The van der Waals surface area contributed by atoms with Crippen molar-refractivity contribution in [2.75, 3.05) is 42.5 Å². The molecule has 5 aromatic rings. The third kappa shape index (κ3) is 9.81. The van der Waals surface area contributed by atoms with Crippen LogP contribution in [0, 0.1) is 11.3 Å². The van der Waals surface area contributed by atoms with Gasteiger partial charge in [0, 0.05) is 55.4 Å². The lowest BCUT2D eigenvalue weighted by Gasteiger charge is -2.42. The summed E-state index contributed by atoms with van der Waals surface area (Å²) in [6, 6.07) is 34.1. The summed E-state index contributed by atoms with van der Waals surface area (Å²) in [7, 11) is 0. The minimum absolute atomic E-state index is 0.135. The molecule has 0 radical (unpaired) electrons. The molecule has 4 aromatic carbocycles. The average Bonchev–Trinajstić information content (AvgIpc) is 3.78. The van der Waals surface area contributed by atoms with Gasteiger partial charge in [-0.25, -0.2) is 9.59 Å². The summed E-state index contributed by atoms with van der Waals surface area (Å²) in [5.41, 5.74) is 4.25. The first-order valence-electron chi connectivity index (χ1n) is 21.6. The number of carbonyl (C=O) groups is 2. The van der Waals surface area contributed by atoms with Crippen LogP contribution in [-0.2, 0) is 35.7 Å². The van der Waals surface area contributed by atoms with Crippen LogP contribution < -0.4 is 19.3 Å². The minimum atomic E-state index is -0.623. The Kier molecular flexibility index (Phi) is 12.6. The van der Waals surface area contributed by atoms with Crippen LogP contribution in [0.3, 0.4) is 0 Å². The third-order valence-electron chi connectivity index (χ3n) is 11.7. The van der Waals surface area contributed by atoms with Crippen molar-refractivity contribution in [2.24, 2.45) is 0 Å². The number of carbonyl (C=O) groups excluding carboxylic acids is 2. The first kappa shape index (κ1) is 42.2. The van der Waals surface area contributed by atoms with E-state index in [4.69, 9.17) is 28.9 Å². The molecule has 13 nitrogen and oxygen atoms in total. The van der Waals surface area contributed by atoms with Crippen LogP contribution in [0.5, 0.6) is 11.8 Å². The topological polar surface area (TPSA) is 134 Å². The Labute approximate surface area is 363 Å². The molecule has 0 unspecified atom stereocenters. The number of aromatic nitrogens is 2. The van der Waals surface area contributed by atoms with E-state index >= 15 is 0 Å². The molecule has 2 fully saturated rings. The summed E-state index contributed by atoms with van der Waals surface area (Å²) in [5.74, 6) is 1.52. The molecule has 0 N–H and O–H groups in total. The number of piperazine rings is 1. The highest BCUT2D eigenvalue weighted by molar-refractivity contribution is 5.96. The lowest BCUT2D eigenvalue weighted by Crippen LogP contribution is -2.55. The molecule has 13 heteroatoms. The fourth-order valence-corrected chi connectivity index (χ4v) is 8.70. The molecule has 62 heavy (non-hydrogen) atoms. The van der Waals surface area contributed by atoms with E-state index in [1.807, 2.05) is 82.3 Å². The van der Waals surface area contributed by atoms with Gasteiger partial charge in [-0.2, -0.15) is 15.2 Å². The maximum Gasteiger partial charge on any atom is 0.410 e. The van der Waals surface area contributed by atoms with E-state index < -0.39 is 23.8 Å². The van der Waals surface area contributed by atoms with Crippen LogP contribution in [0.4, 0.5) is 21.1 Å². The normalized spacial score (nSPS) is 18.2. The van der Waals surface area contributed by atoms with E-state index in [1.54, 1.807) is 9.80 Å². The van der Waals surface area contributed by atoms with Crippen molar-refractivity contribution in [1.29, 1.82) is 5.26 Å². The van der Waals surface area contributed by atoms with E-state index in [0.717, 1.165) is 63.3 Å². The summed E-state index contributed by atoms with van der Waals surface area (Å²) in [6.45, 7) is 11.2. The zero-order chi connectivity index (χ0) is 43.2. The number of amides is 2. The average molecular weight is 838 g/mol. The predicted molar refractivity (Wildman–Crippen MR) is 237 cm³/mol. The van der Waals surface area contributed by atoms with Gasteiger partial charge in [0.05, 0.1) is 36.8 Å². The molecule has 3 atom stereocenters. The molecule has 1 aromatic heterocycles. The standard InChI is InChI=1S/C49H55N7O6/c1-34(43-20-13-24-56(43)48(58)62-49(2,3)4)61-46-51-42-31-53(44-29-39(28-37-18-11-12-19-40(37)44)59-32-35-14-7-5-8-15-35)25-22-41(42)45(52-46)54-26-27-55(38(30-54)21-23-50)47(57)60-33-36-16-9-6-10-17-36/h5-12,14-19,28-29,34,38,43H,13,20-22,24-27,30-33H2,1-4H3/t34-,38+,43-/m1/s1. The van der Waals surface area contributed by atoms with Gasteiger partial charge in [-0.05, 0) is 69.5 Å². The van der Waals surface area contributed by atoms with Crippen molar-refractivity contribution in [2.45, 2.75) is 96.9 Å². The maximum absolute atomic E-state index is 13.5. The van der Waals surface area contributed by atoms with Crippen molar-refractivity contribution < 1.29 is 28.5 Å². The summed E-state index contributed by atoms with van der Waals surface area (Å²) in [5, 5.41) is 12.1. The van der Waals surface area contributed by atoms with Crippen molar-refractivity contribution in [3.63, 3.8) is 0 Å². The zero-order valence-electron chi connectivity index (χ0n) is 36.0. The van der Waals surface area contributed by atoms with Crippen molar-refractivity contribution in [3.8, 4) is 17.8 Å². The van der Waals surface area contributed by atoms with Crippen molar-refractivity contribution in [3.05, 3.63) is 119 Å². The quantitative estimate of drug-likeness (QED) is 0.127. The molecule has 322 valence electrons. The molecule has 0 spiro atoms. The van der Waals surface area contributed by atoms with Crippen molar-refractivity contribution >= 4 is 34.5 Å². The molecule has 3 aliphatic rings. The summed E-state index contributed by atoms with van der Waals surface area (Å²) < 4.78 is 24.5. The van der Waals surface area contributed by atoms with E-state index in [9.17, 15) is 14.9 Å². The number of nitriles is 1. The number of likely N-dealkylation sites (tertiary alicyclic amines) is 1. The number of nitrogens with zero attached hydrogens (tertiary/aromatic N) is 7. The van der Waals surface area contributed by atoms with Gasteiger partial charge >= 0.3 is 18.2 Å².